The van der Waals surface area contributed by atoms with E-state index in [1.807, 2.05) is 37.3 Å². The molecule has 224 valence electrons. The molecule has 41 heavy (non-hydrogen) atoms. The van der Waals surface area contributed by atoms with Gasteiger partial charge in [0.15, 0.2) is 0 Å². The predicted octanol–water partition coefficient (Wildman–Crippen LogP) is 6.33. The molecule has 0 bridgehead atoms. The predicted molar refractivity (Wildman–Crippen MR) is 170 cm³/mol. The van der Waals surface area contributed by atoms with E-state index in [0.717, 1.165) is 18.4 Å². The van der Waals surface area contributed by atoms with E-state index >= 15 is 0 Å². The van der Waals surface area contributed by atoms with Crippen LogP contribution in [-0.4, -0.2) is 52.2 Å². The van der Waals surface area contributed by atoms with Crippen LogP contribution in [0, 0.1) is 5.92 Å². The zero-order chi connectivity index (χ0) is 29.8. The topological polar surface area (TPSA) is 57.2 Å². The van der Waals surface area contributed by atoms with Gasteiger partial charge in [0.2, 0.25) is 0 Å². The fraction of sp³-hybridized carbons (Fsp3) is 0.486. The van der Waals surface area contributed by atoms with Gasteiger partial charge in [-0.25, -0.2) is 0 Å². The van der Waals surface area contributed by atoms with Crippen molar-refractivity contribution in [2.45, 2.75) is 77.2 Å². The number of ether oxygens (including phenoxy) is 3. The summed E-state index contributed by atoms with van der Waals surface area (Å²) in [6, 6.07) is 31.5. The SMILES string of the molecule is COCOC[C@@H](OCc1ccccc1)[C@@](C)(O)CCCC(C)CO[Si](c1ccccc1)(c1ccccc1)C(C)(C)C. The van der Waals surface area contributed by atoms with Gasteiger partial charge in [-0.15, -0.1) is 0 Å². The molecular formula is C35H50O5Si. The van der Waals surface area contributed by atoms with Gasteiger partial charge < -0.3 is 23.7 Å². The lowest BCUT2D eigenvalue weighted by molar-refractivity contribution is -0.155. The molecule has 1 N–H and O–H groups in total. The van der Waals surface area contributed by atoms with Crippen LogP contribution in [0.4, 0.5) is 0 Å². The van der Waals surface area contributed by atoms with Crippen molar-refractivity contribution in [1.29, 1.82) is 0 Å². The van der Waals surface area contributed by atoms with Crippen molar-refractivity contribution in [1.82, 2.24) is 0 Å². The van der Waals surface area contributed by atoms with Crippen molar-refractivity contribution in [2.75, 3.05) is 27.1 Å². The highest BCUT2D eigenvalue weighted by Crippen LogP contribution is 2.37. The molecular weight excluding hydrogens is 528 g/mol. The molecule has 3 rings (SSSR count). The van der Waals surface area contributed by atoms with Crippen LogP contribution in [0.15, 0.2) is 91.0 Å². The Bertz CT molecular complexity index is 1080. The van der Waals surface area contributed by atoms with Crippen LogP contribution in [0.2, 0.25) is 5.04 Å². The van der Waals surface area contributed by atoms with Gasteiger partial charge in [-0.05, 0) is 46.7 Å². The molecule has 0 aliphatic heterocycles. The third kappa shape index (κ3) is 9.33. The highest BCUT2D eigenvalue weighted by atomic mass is 28.4. The maximum Gasteiger partial charge on any atom is 0.261 e. The van der Waals surface area contributed by atoms with E-state index in [9.17, 15) is 5.11 Å². The average molecular weight is 579 g/mol. The second-order valence-corrected chi connectivity index (χ2v) is 16.7. The van der Waals surface area contributed by atoms with Crippen LogP contribution in [0.3, 0.4) is 0 Å². The quantitative estimate of drug-likeness (QED) is 0.115. The maximum atomic E-state index is 11.5. The van der Waals surface area contributed by atoms with Crippen LogP contribution < -0.4 is 10.4 Å². The zero-order valence-corrected chi connectivity index (χ0v) is 26.8. The van der Waals surface area contributed by atoms with E-state index in [2.05, 4.69) is 88.4 Å². The molecule has 0 amide bonds. The normalized spacial score (nSPS) is 15.3. The van der Waals surface area contributed by atoms with Gasteiger partial charge in [-0.1, -0.05) is 125 Å². The van der Waals surface area contributed by atoms with Crippen molar-refractivity contribution >= 4 is 18.7 Å². The molecule has 0 heterocycles. The van der Waals surface area contributed by atoms with E-state index in [0.29, 0.717) is 25.6 Å². The molecule has 3 aromatic carbocycles. The summed E-state index contributed by atoms with van der Waals surface area (Å²) in [5, 5.41) is 14.0. The van der Waals surface area contributed by atoms with E-state index in [-0.39, 0.29) is 18.4 Å². The first-order valence-corrected chi connectivity index (χ1v) is 16.7. The fourth-order valence-electron chi connectivity index (χ4n) is 5.50. The van der Waals surface area contributed by atoms with Gasteiger partial charge in [0.1, 0.15) is 12.9 Å². The van der Waals surface area contributed by atoms with Crippen molar-refractivity contribution < 1.29 is 23.7 Å². The number of methoxy groups -OCH3 is 1. The minimum Gasteiger partial charge on any atom is -0.407 e. The first-order valence-electron chi connectivity index (χ1n) is 14.8. The third-order valence-electron chi connectivity index (χ3n) is 7.84. The highest BCUT2D eigenvalue weighted by molar-refractivity contribution is 6.99. The van der Waals surface area contributed by atoms with E-state index in [4.69, 9.17) is 18.6 Å². The molecule has 0 fully saturated rings. The van der Waals surface area contributed by atoms with Crippen molar-refractivity contribution in [3.05, 3.63) is 96.6 Å². The maximum absolute atomic E-state index is 11.5. The largest absolute Gasteiger partial charge is 0.407 e. The number of rotatable bonds is 17. The molecule has 0 radical (unpaired) electrons. The third-order valence-corrected chi connectivity index (χ3v) is 12.8. The Kier molecular flexibility index (Phi) is 12.8. The van der Waals surface area contributed by atoms with Crippen molar-refractivity contribution in [2.24, 2.45) is 5.92 Å². The highest BCUT2D eigenvalue weighted by Gasteiger charge is 2.50. The molecule has 0 saturated carbocycles. The van der Waals surface area contributed by atoms with Gasteiger partial charge >= 0.3 is 0 Å². The summed E-state index contributed by atoms with van der Waals surface area (Å²) >= 11 is 0. The molecule has 5 nitrogen and oxygen atoms in total. The first-order chi connectivity index (χ1) is 19.6. The molecule has 0 aromatic heterocycles. The fourth-order valence-corrected chi connectivity index (χ4v) is 10.2. The van der Waals surface area contributed by atoms with Crippen LogP contribution in [0.5, 0.6) is 0 Å². The minimum atomic E-state index is -2.57. The molecule has 3 aromatic rings. The van der Waals surface area contributed by atoms with Gasteiger partial charge in [0.05, 0.1) is 18.8 Å². The lowest BCUT2D eigenvalue weighted by atomic mass is 9.91. The molecule has 0 aliphatic rings. The molecule has 6 heteroatoms. The Morgan fingerprint density at radius 2 is 1.32 bits per heavy atom. The Balaban J connectivity index is 1.65. The summed E-state index contributed by atoms with van der Waals surface area (Å²) in [7, 11) is -0.974. The minimum absolute atomic E-state index is 0.0510. The standard InChI is InChI=1S/C35H50O5Si/c1-29(17-16-24-35(5,36)33(27-38-28-37-6)39-26-30-18-10-7-11-19-30)25-40-41(34(2,3)4,31-20-12-8-13-21-31)32-22-14-9-15-23-32/h7-15,18-23,29,33,36H,16-17,24-28H2,1-6H3/t29?,33-,35+/m1/s1. The summed E-state index contributed by atoms with van der Waals surface area (Å²) < 4.78 is 24.0. The molecule has 3 atom stereocenters. The Morgan fingerprint density at radius 3 is 1.83 bits per heavy atom. The molecule has 0 saturated heterocycles. The molecule has 0 spiro atoms. The number of benzene rings is 3. The van der Waals surface area contributed by atoms with E-state index in [1.165, 1.54) is 10.4 Å². The van der Waals surface area contributed by atoms with Gasteiger partial charge in [0.25, 0.3) is 8.32 Å². The average Bonchev–Trinajstić information content (AvgIpc) is 2.96. The summed E-state index contributed by atoms with van der Waals surface area (Å²) in [5.41, 5.74) is 0.0234. The van der Waals surface area contributed by atoms with Gasteiger partial charge in [0, 0.05) is 13.7 Å². The summed E-state index contributed by atoms with van der Waals surface area (Å²) in [6.45, 7) is 12.5. The first kappa shape index (κ1) is 33.2. The second-order valence-electron chi connectivity index (χ2n) is 12.4. The smallest absolute Gasteiger partial charge is 0.261 e. The Labute approximate surface area is 249 Å². The summed E-state index contributed by atoms with van der Waals surface area (Å²) in [4.78, 5) is 0. The van der Waals surface area contributed by atoms with Crippen molar-refractivity contribution in [3.63, 3.8) is 0 Å². The summed E-state index contributed by atoms with van der Waals surface area (Å²) in [6.07, 6.45) is 1.93. The van der Waals surface area contributed by atoms with Gasteiger partial charge in [-0.2, -0.15) is 0 Å². The number of hydrogen-bond donors (Lipinski definition) is 1. The lowest BCUT2D eigenvalue weighted by Gasteiger charge is -2.43. The Hall–Kier alpha value is -2.32. The van der Waals surface area contributed by atoms with Gasteiger partial charge in [-0.3, -0.25) is 0 Å². The van der Waals surface area contributed by atoms with Crippen LogP contribution in [-0.2, 0) is 25.2 Å². The number of aliphatic hydroxyl groups is 1. The lowest BCUT2D eigenvalue weighted by Crippen LogP contribution is -2.66. The number of hydrogen-bond acceptors (Lipinski definition) is 5. The van der Waals surface area contributed by atoms with E-state index < -0.39 is 20.0 Å². The zero-order valence-electron chi connectivity index (χ0n) is 25.8. The van der Waals surface area contributed by atoms with E-state index in [1.54, 1.807) is 7.11 Å². The molecule has 1 unspecified atom stereocenters. The van der Waals surface area contributed by atoms with Crippen LogP contribution >= 0.6 is 0 Å². The summed E-state index contributed by atoms with van der Waals surface area (Å²) in [5.74, 6) is 0.334. The van der Waals surface area contributed by atoms with Crippen LogP contribution in [0.1, 0.15) is 59.4 Å². The Morgan fingerprint density at radius 1 is 0.780 bits per heavy atom. The van der Waals surface area contributed by atoms with Crippen molar-refractivity contribution in [3.8, 4) is 0 Å². The second kappa shape index (κ2) is 15.8. The molecule has 0 aliphatic carbocycles. The van der Waals surface area contributed by atoms with Crippen LogP contribution in [0.25, 0.3) is 0 Å². The monoisotopic (exact) mass is 578 g/mol.